The van der Waals surface area contributed by atoms with Crippen molar-refractivity contribution in [2.24, 2.45) is 0 Å². The molecule has 2 aromatic rings. The van der Waals surface area contributed by atoms with Crippen LogP contribution in [0.5, 0.6) is 17.2 Å². The number of amides is 1. The summed E-state index contributed by atoms with van der Waals surface area (Å²) >= 11 is 6.08. The van der Waals surface area contributed by atoms with E-state index >= 15 is 0 Å². The summed E-state index contributed by atoms with van der Waals surface area (Å²) in [6, 6.07) is 12.2. The molecule has 1 N–H and O–H groups in total. The first-order valence-corrected chi connectivity index (χ1v) is 8.98. The van der Waals surface area contributed by atoms with Gasteiger partial charge in [-0.05, 0) is 18.6 Å². The number of benzene rings is 2. The molecule has 0 bridgehead atoms. The molecule has 0 saturated carbocycles. The van der Waals surface area contributed by atoms with Crippen molar-refractivity contribution in [1.29, 1.82) is 5.26 Å². The molecule has 0 unspecified atom stereocenters. The highest BCUT2D eigenvalue weighted by atomic mass is 35.5. The molecule has 6 nitrogen and oxygen atoms in total. The van der Waals surface area contributed by atoms with E-state index in [-0.39, 0.29) is 5.57 Å². The topological polar surface area (TPSA) is 80.6 Å². The molecule has 0 spiro atoms. The number of rotatable bonds is 8. The van der Waals surface area contributed by atoms with Crippen molar-refractivity contribution in [3.63, 3.8) is 0 Å². The van der Waals surface area contributed by atoms with Gasteiger partial charge in [0.25, 0.3) is 5.91 Å². The average Bonchev–Trinajstić information content (AvgIpc) is 2.71. The van der Waals surface area contributed by atoms with E-state index in [1.54, 1.807) is 12.1 Å². The normalized spacial score (nSPS) is 10.8. The lowest BCUT2D eigenvalue weighted by molar-refractivity contribution is -0.112. The smallest absolute Gasteiger partial charge is 0.266 e. The minimum Gasteiger partial charge on any atom is -0.495 e. The lowest BCUT2D eigenvalue weighted by Gasteiger charge is -2.13. The summed E-state index contributed by atoms with van der Waals surface area (Å²) in [6.07, 6.45) is 2.34. The molecule has 0 aliphatic heterocycles. The summed E-state index contributed by atoms with van der Waals surface area (Å²) in [4.78, 5) is 12.7. The van der Waals surface area contributed by atoms with E-state index in [2.05, 4.69) is 5.32 Å². The zero-order valence-corrected chi connectivity index (χ0v) is 16.7. The number of hydrogen-bond donors (Lipinski definition) is 1. The van der Waals surface area contributed by atoms with Crippen molar-refractivity contribution in [3.8, 4) is 23.3 Å². The first-order chi connectivity index (χ1) is 13.5. The molecule has 0 fully saturated rings. The van der Waals surface area contributed by atoms with E-state index in [0.717, 1.165) is 6.42 Å². The van der Waals surface area contributed by atoms with Crippen molar-refractivity contribution in [1.82, 2.24) is 0 Å². The Morgan fingerprint density at radius 1 is 1.18 bits per heavy atom. The molecule has 2 aromatic carbocycles. The molecule has 0 atom stereocenters. The number of halogens is 1. The molecule has 146 valence electrons. The lowest BCUT2D eigenvalue weighted by Crippen LogP contribution is -2.14. The van der Waals surface area contributed by atoms with Gasteiger partial charge >= 0.3 is 0 Å². The summed E-state index contributed by atoms with van der Waals surface area (Å²) in [6.45, 7) is 2.54. The molecule has 0 heterocycles. The number of carbonyl (C=O) groups excluding carboxylic acids is 1. The highest BCUT2D eigenvalue weighted by Crippen LogP contribution is 2.36. The van der Waals surface area contributed by atoms with Crippen LogP contribution in [-0.4, -0.2) is 26.7 Å². The van der Waals surface area contributed by atoms with E-state index < -0.39 is 5.91 Å². The molecule has 0 aliphatic rings. The fraction of sp³-hybridized carbons (Fsp3) is 0.238. The van der Waals surface area contributed by atoms with Crippen LogP contribution < -0.4 is 19.5 Å². The Kier molecular flexibility index (Phi) is 7.73. The van der Waals surface area contributed by atoms with Crippen LogP contribution in [0.15, 0.2) is 42.0 Å². The Balaban J connectivity index is 2.33. The summed E-state index contributed by atoms with van der Waals surface area (Å²) in [5, 5.41) is 12.5. The number of carbonyl (C=O) groups is 1. The second kappa shape index (κ2) is 10.2. The predicted octanol–water partition coefficient (Wildman–Crippen LogP) is 4.69. The molecule has 0 aliphatic carbocycles. The highest BCUT2D eigenvalue weighted by Gasteiger charge is 2.16. The van der Waals surface area contributed by atoms with Crippen molar-refractivity contribution >= 4 is 29.3 Å². The minimum atomic E-state index is -0.588. The summed E-state index contributed by atoms with van der Waals surface area (Å²) < 4.78 is 16.1. The Hall–Kier alpha value is -3.17. The van der Waals surface area contributed by atoms with Crippen molar-refractivity contribution in [3.05, 3.63) is 52.6 Å². The highest BCUT2D eigenvalue weighted by molar-refractivity contribution is 6.32. The van der Waals surface area contributed by atoms with E-state index in [9.17, 15) is 10.1 Å². The SMILES string of the molecule is CCCOc1ccccc1/C=C(\C#N)C(=O)Nc1cc(OC)c(Cl)cc1OC. The van der Waals surface area contributed by atoms with Crippen LogP contribution in [0, 0.1) is 11.3 Å². The van der Waals surface area contributed by atoms with E-state index in [1.807, 2.05) is 25.1 Å². The van der Waals surface area contributed by atoms with Gasteiger partial charge in [-0.2, -0.15) is 5.26 Å². The molecule has 1 amide bonds. The van der Waals surface area contributed by atoms with Gasteiger partial charge in [0, 0.05) is 17.7 Å². The van der Waals surface area contributed by atoms with Gasteiger partial charge in [0.1, 0.15) is 28.9 Å². The Morgan fingerprint density at radius 2 is 1.89 bits per heavy atom. The van der Waals surface area contributed by atoms with Crippen LogP contribution in [0.25, 0.3) is 6.08 Å². The molecular formula is C21H21ClN2O4. The molecule has 0 saturated heterocycles. The molecular weight excluding hydrogens is 380 g/mol. The lowest BCUT2D eigenvalue weighted by atomic mass is 10.1. The van der Waals surface area contributed by atoms with Crippen LogP contribution in [0.3, 0.4) is 0 Å². The maximum Gasteiger partial charge on any atom is 0.266 e. The average molecular weight is 401 g/mol. The summed E-state index contributed by atoms with van der Waals surface area (Å²) in [5.74, 6) is 0.743. The van der Waals surface area contributed by atoms with Crippen molar-refractivity contribution in [2.45, 2.75) is 13.3 Å². The molecule has 0 aromatic heterocycles. The van der Waals surface area contributed by atoms with Crippen LogP contribution >= 0.6 is 11.6 Å². The second-order valence-electron chi connectivity index (χ2n) is 5.70. The van der Waals surface area contributed by atoms with Gasteiger partial charge < -0.3 is 19.5 Å². The van der Waals surface area contributed by atoms with Crippen molar-refractivity contribution < 1.29 is 19.0 Å². The zero-order chi connectivity index (χ0) is 20.5. The number of nitrogens with zero attached hydrogens (tertiary/aromatic N) is 1. The van der Waals surface area contributed by atoms with E-state index in [4.69, 9.17) is 25.8 Å². The fourth-order valence-corrected chi connectivity index (χ4v) is 2.63. The Bertz CT molecular complexity index is 919. The standard InChI is InChI=1S/C21H21ClN2O4/c1-4-9-28-18-8-6-5-7-14(18)10-15(13-23)21(25)24-17-12-19(26-2)16(22)11-20(17)27-3/h5-8,10-12H,4,9H2,1-3H3,(H,24,25)/b15-10+. The van der Waals surface area contributed by atoms with Crippen LogP contribution in [0.1, 0.15) is 18.9 Å². The predicted molar refractivity (Wildman–Crippen MR) is 109 cm³/mol. The monoisotopic (exact) mass is 400 g/mol. The second-order valence-corrected chi connectivity index (χ2v) is 6.10. The van der Waals surface area contributed by atoms with Gasteiger partial charge in [-0.3, -0.25) is 4.79 Å². The van der Waals surface area contributed by atoms with Gasteiger partial charge in [0.2, 0.25) is 0 Å². The van der Waals surface area contributed by atoms with Gasteiger partial charge in [-0.15, -0.1) is 0 Å². The number of ether oxygens (including phenoxy) is 3. The number of nitrogens with one attached hydrogen (secondary N) is 1. The molecule has 28 heavy (non-hydrogen) atoms. The Labute approximate surface area is 169 Å². The largest absolute Gasteiger partial charge is 0.495 e. The number of nitriles is 1. The van der Waals surface area contributed by atoms with Crippen LogP contribution in [0.2, 0.25) is 5.02 Å². The third-order valence-electron chi connectivity index (χ3n) is 3.77. The first-order valence-electron chi connectivity index (χ1n) is 8.60. The van der Waals surface area contributed by atoms with Gasteiger partial charge in [0.05, 0.1) is 31.5 Å². The molecule has 7 heteroatoms. The maximum atomic E-state index is 12.7. The number of hydrogen-bond acceptors (Lipinski definition) is 5. The number of anilines is 1. The third-order valence-corrected chi connectivity index (χ3v) is 4.06. The third kappa shape index (κ3) is 5.18. The van der Waals surface area contributed by atoms with E-state index in [0.29, 0.717) is 40.1 Å². The maximum absolute atomic E-state index is 12.7. The van der Waals surface area contributed by atoms with Gasteiger partial charge in [-0.25, -0.2) is 0 Å². The van der Waals surface area contributed by atoms with E-state index in [1.165, 1.54) is 32.4 Å². The first kappa shape index (κ1) is 21.1. The van der Waals surface area contributed by atoms with Crippen LogP contribution in [0.4, 0.5) is 5.69 Å². The number of methoxy groups -OCH3 is 2. The quantitative estimate of drug-likeness (QED) is 0.513. The molecule has 0 radical (unpaired) electrons. The summed E-state index contributed by atoms with van der Waals surface area (Å²) in [7, 11) is 2.92. The minimum absolute atomic E-state index is 0.0801. The molecule has 2 rings (SSSR count). The van der Waals surface area contributed by atoms with Gasteiger partial charge in [0.15, 0.2) is 0 Å². The summed E-state index contributed by atoms with van der Waals surface area (Å²) in [5.41, 5.74) is 0.900. The number of para-hydroxylation sites is 1. The van der Waals surface area contributed by atoms with Gasteiger partial charge in [-0.1, -0.05) is 36.7 Å². The zero-order valence-electron chi connectivity index (χ0n) is 15.9. The van der Waals surface area contributed by atoms with Crippen LogP contribution in [-0.2, 0) is 4.79 Å². The fourth-order valence-electron chi connectivity index (χ4n) is 2.40. The Morgan fingerprint density at radius 3 is 2.54 bits per heavy atom. The van der Waals surface area contributed by atoms with Crippen molar-refractivity contribution in [2.75, 3.05) is 26.1 Å².